The van der Waals surface area contributed by atoms with E-state index >= 15 is 0 Å². The van der Waals surface area contributed by atoms with Crippen LogP contribution in [0.2, 0.25) is 0 Å². The van der Waals surface area contributed by atoms with Crippen LogP contribution >= 0.6 is 23.1 Å². The number of hydrogen-bond donors (Lipinski definition) is 2. The molecule has 0 bridgehead atoms. The van der Waals surface area contributed by atoms with Gasteiger partial charge in [0, 0.05) is 76.8 Å². The highest BCUT2D eigenvalue weighted by atomic mass is 32.2. The second kappa shape index (κ2) is 12.9. The molecule has 47 heavy (non-hydrogen) atoms. The summed E-state index contributed by atoms with van der Waals surface area (Å²) in [5.41, 5.74) is 5.19. The molecule has 7 rings (SSSR count). The van der Waals surface area contributed by atoms with Crippen molar-refractivity contribution in [3.8, 4) is 10.4 Å². The van der Waals surface area contributed by atoms with E-state index in [-0.39, 0.29) is 17.2 Å². The summed E-state index contributed by atoms with van der Waals surface area (Å²) < 4.78 is 20.1. The molecule has 5 heterocycles. The van der Waals surface area contributed by atoms with E-state index in [9.17, 15) is 14.0 Å². The Kier molecular flexibility index (Phi) is 8.63. The van der Waals surface area contributed by atoms with Crippen LogP contribution < -0.4 is 15.1 Å². The summed E-state index contributed by atoms with van der Waals surface area (Å²) in [5, 5.41) is 11.3. The van der Waals surface area contributed by atoms with E-state index in [0.717, 1.165) is 65.6 Å². The van der Waals surface area contributed by atoms with E-state index in [1.165, 1.54) is 23.9 Å². The lowest BCUT2D eigenvalue weighted by Gasteiger charge is -2.53. The molecule has 8 nitrogen and oxygen atoms in total. The molecule has 0 atom stereocenters. The number of carbonyl (C=O) groups is 2. The van der Waals surface area contributed by atoms with E-state index in [0.29, 0.717) is 52.1 Å². The molecule has 242 valence electrons. The van der Waals surface area contributed by atoms with Crippen molar-refractivity contribution < 1.29 is 18.7 Å². The molecule has 3 aliphatic heterocycles. The zero-order chi connectivity index (χ0) is 32.7. The van der Waals surface area contributed by atoms with E-state index in [1.54, 1.807) is 59.7 Å². The Balaban J connectivity index is 1.07. The van der Waals surface area contributed by atoms with Crippen molar-refractivity contribution in [3.05, 3.63) is 93.7 Å². The van der Waals surface area contributed by atoms with Crippen molar-refractivity contribution in [1.29, 1.82) is 5.41 Å². The average molecular weight is 670 g/mol. The second-order valence-corrected chi connectivity index (χ2v) is 15.0. The predicted octanol–water partition coefficient (Wildman–Crippen LogP) is 7.56. The van der Waals surface area contributed by atoms with E-state index in [1.807, 2.05) is 13.0 Å². The smallest absolute Gasteiger partial charge is 0.259 e. The fourth-order valence-corrected chi connectivity index (χ4v) is 8.59. The topological polar surface area (TPSA) is 98.6 Å². The number of carbonyl (C=O) groups excluding carboxylic acids is 2. The molecule has 2 N–H and O–H groups in total. The van der Waals surface area contributed by atoms with Gasteiger partial charge in [0.25, 0.3) is 11.8 Å². The third kappa shape index (κ3) is 6.44. The Morgan fingerprint density at radius 3 is 2.62 bits per heavy atom. The first-order valence-corrected chi connectivity index (χ1v) is 17.6. The molecular weight excluding hydrogens is 634 g/mol. The van der Waals surface area contributed by atoms with Crippen LogP contribution in [-0.4, -0.2) is 54.7 Å². The zero-order valence-electron chi connectivity index (χ0n) is 26.4. The Morgan fingerprint density at radius 2 is 1.87 bits per heavy atom. The maximum absolute atomic E-state index is 14.6. The van der Waals surface area contributed by atoms with Crippen LogP contribution in [0.1, 0.15) is 56.5 Å². The number of aryl methyl sites for hydroxylation is 1. The molecule has 2 aromatic heterocycles. The van der Waals surface area contributed by atoms with Gasteiger partial charge in [-0.2, -0.15) is 0 Å². The molecule has 0 saturated carbocycles. The summed E-state index contributed by atoms with van der Waals surface area (Å²) in [6, 6.07) is 15.5. The number of hydrogen-bond acceptors (Lipinski definition) is 8. The van der Waals surface area contributed by atoms with Gasteiger partial charge in [0.15, 0.2) is 0 Å². The highest BCUT2D eigenvalue weighted by molar-refractivity contribution is 8.13. The number of pyridine rings is 1. The van der Waals surface area contributed by atoms with Crippen LogP contribution in [0.3, 0.4) is 0 Å². The highest BCUT2D eigenvalue weighted by Crippen LogP contribution is 2.44. The largest absolute Gasteiger partial charge is 0.381 e. The molecule has 2 aromatic carbocycles. The molecule has 2 fully saturated rings. The number of nitrogens with one attached hydrogen (secondary N) is 2. The first kappa shape index (κ1) is 31.5. The minimum Gasteiger partial charge on any atom is -0.381 e. The SMILES string of the molecule is CC(=N)SCc1cc2c(s1)-c1ccc(F)cc1N(C(=O)c1ccc(NC(=O)c3cc(C)cnc3N3CC4(CCOCC4)C3)cc1)CC2. The lowest BCUT2D eigenvalue weighted by atomic mass is 9.73. The maximum atomic E-state index is 14.6. The lowest BCUT2D eigenvalue weighted by Crippen LogP contribution is -2.59. The summed E-state index contributed by atoms with van der Waals surface area (Å²) in [7, 11) is 0. The number of nitrogens with zero attached hydrogens (tertiary/aromatic N) is 3. The molecule has 0 aliphatic carbocycles. The molecule has 11 heteroatoms. The molecule has 0 radical (unpaired) electrons. The number of ether oxygens (including phenoxy) is 1. The van der Waals surface area contributed by atoms with E-state index in [4.69, 9.17) is 10.1 Å². The van der Waals surface area contributed by atoms with Gasteiger partial charge in [-0.05, 0) is 98.8 Å². The molecular formula is C36H36FN5O3S2. The number of halogens is 1. The van der Waals surface area contributed by atoms with Gasteiger partial charge in [-0.1, -0.05) is 0 Å². The van der Waals surface area contributed by atoms with E-state index < -0.39 is 5.82 Å². The predicted molar refractivity (Wildman–Crippen MR) is 188 cm³/mol. The summed E-state index contributed by atoms with van der Waals surface area (Å²) in [6.45, 7) is 7.40. The van der Waals surface area contributed by atoms with Crippen molar-refractivity contribution in [3.63, 3.8) is 0 Å². The molecule has 3 aliphatic rings. The van der Waals surface area contributed by atoms with Crippen LogP contribution in [0.4, 0.5) is 21.6 Å². The Bertz CT molecular complexity index is 1860. The second-order valence-electron chi connectivity index (χ2n) is 12.7. The van der Waals surface area contributed by atoms with Crippen molar-refractivity contribution >= 4 is 57.1 Å². The first-order valence-electron chi connectivity index (χ1n) is 15.8. The number of rotatable bonds is 6. The maximum Gasteiger partial charge on any atom is 0.259 e. The number of aromatic nitrogens is 1. The monoisotopic (exact) mass is 669 g/mol. The van der Waals surface area contributed by atoms with Crippen molar-refractivity contribution in [1.82, 2.24) is 4.98 Å². The summed E-state index contributed by atoms with van der Waals surface area (Å²) in [4.78, 5) is 38.1. The number of amides is 2. The van der Waals surface area contributed by atoms with Gasteiger partial charge in [0.2, 0.25) is 0 Å². The lowest BCUT2D eigenvalue weighted by molar-refractivity contribution is -0.000510. The average Bonchev–Trinajstić information content (AvgIpc) is 3.40. The van der Waals surface area contributed by atoms with Crippen molar-refractivity contribution in [2.24, 2.45) is 5.41 Å². The fourth-order valence-electron chi connectivity index (χ4n) is 6.70. The van der Waals surface area contributed by atoms with Crippen LogP contribution in [0.5, 0.6) is 0 Å². The molecule has 0 unspecified atom stereocenters. The van der Waals surface area contributed by atoms with Gasteiger partial charge >= 0.3 is 0 Å². The summed E-state index contributed by atoms with van der Waals surface area (Å²) in [6.07, 6.45) is 4.49. The van der Waals surface area contributed by atoms with Gasteiger partial charge in [0.1, 0.15) is 11.6 Å². The van der Waals surface area contributed by atoms with Gasteiger partial charge in [0.05, 0.1) is 16.3 Å². The minimum atomic E-state index is -0.402. The third-order valence-electron chi connectivity index (χ3n) is 9.18. The Morgan fingerprint density at radius 1 is 1.11 bits per heavy atom. The van der Waals surface area contributed by atoms with Gasteiger partial charge < -0.3 is 19.9 Å². The van der Waals surface area contributed by atoms with Crippen molar-refractivity contribution in [2.45, 2.75) is 38.9 Å². The summed E-state index contributed by atoms with van der Waals surface area (Å²) in [5.74, 6) is 0.519. The highest BCUT2D eigenvalue weighted by Gasteiger charge is 2.45. The third-order valence-corrected chi connectivity index (χ3v) is 11.5. The van der Waals surface area contributed by atoms with Gasteiger partial charge in [-0.3, -0.25) is 15.0 Å². The Hall–Kier alpha value is -4.06. The normalized spacial score (nSPS) is 16.6. The van der Waals surface area contributed by atoms with Crippen LogP contribution in [-0.2, 0) is 16.9 Å². The van der Waals surface area contributed by atoms with Crippen LogP contribution in [0, 0.1) is 23.6 Å². The zero-order valence-corrected chi connectivity index (χ0v) is 28.0. The van der Waals surface area contributed by atoms with Crippen LogP contribution in [0.15, 0.2) is 60.8 Å². The molecule has 4 aromatic rings. The van der Waals surface area contributed by atoms with Gasteiger partial charge in [-0.25, -0.2) is 9.37 Å². The summed E-state index contributed by atoms with van der Waals surface area (Å²) >= 11 is 3.13. The molecule has 1 spiro atoms. The van der Waals surface area contributed by atoms with Crippen LogP contribution in [0.25, 0.3) is 10.4 Å². The van der Waals surface area contributed by atoms with Gasteiger partial charge in [-0.15, -0.1) is 23.1 Å². The standard InChI is InChI=1S/C36H36FN5O3S2/c1-22-15-30(33(39-18-22)41-20-36(21-41)10-13-45-14-11-36)34(43)40-27-6-3-24(4-7-27)35(44)42-12-9-25-16-28(19-46-23(2)38)47-32(25)29-8-5-26(37)17-31(29)42/h3-8,15-18,38H,9-14,19-21H2,1-2H3,(H,40,43). The number of thiophene rings is 1. The number of benzene rings is 2. The number of thioether (sulfide) groups is 1. The van der Waals surface area contributed by atoms with Crippen molar-refractivity contribution in [2.75, 3.05) is 48.0 Å². The van der Waals surface area contributed by atoms with E-state index in [2.05, 4.69) is 21.3 Å². The molecule has 2 amide bonds. The number of anilines is 3. The molecule has 2 saturated heterocycles. The Labute approximate surface area is 281 Å². The number of fused-ring (bicyclic) bond motifs is 3. The first-order chi connectivity index (χ1) is 22.7. The quantitative estimate of drug-likeness (QED) is 0.163. The fraction of sp³-hybridized carbons (Fsp3) is 0.333. The minimum absolute atomic E-state index is 0.231.